The van der Waals surface area contributed by atoms with E-state index >= 15 is 0 Å². The molecule has 0 aromatic heterocycles. The molecule has 2 rings (SSSR count). The first kappa shape index (κ1) is 17.2. The van der Waals surface area contributed by atoms with Gasteiger partial charge in [-0.3, -0.25) is 9.59 Å². The Morgan fingerprint density at radius 2 is 2.26 bits per heavy atom. The molecule has 1 atom stereocenters. The molecular weight excluding hydrogens is 305 g/mol. The molecule has 1 aromatic carbocycles. The number of benzene rings is 1. The van der Waals surface area contributed by atoms with Gasteiger partial charge in [0.1, 0.15) is 0 Å². The zero-order chi connectivity index (χ0) is 16.9. The largest absolute Gasteiger partial charge is 0.494 e. The van der Waals surface area contributed by atoms with Crippen molar-refractivity contribution < 1.29 is 28.6 Å². The van der Waals surface area contributed by atoms with Crippen LogP contribution in [0.25, 0.3) is 0 Å². The lowest BCUT2D eigenvalue weighted by Crippen LogP contribution is -2.50. The van der Waals surface area contributed by atoms with E-state index in [1.165, 1.54) is 13.2 Å². The summed E-state index contributed by atoms with van der Waals surface area (Å²) in [7, 11) is 1.38. The first-order chi connectivity index (χ1) is 11.0. The summed E-state index contributed by atoms with van der Waals surface area (Å²) in [6, 6.07) is 4.76. The molecule has 1 amide bonds. The lowest BCUT2D eigenvalue weighted by molar-refractivity contribution is -0.139. The molecule has 126 valence electrons. The van der Waals surface area contributed by atoms with E-state index in [1.54, 1.807) is 12.1 Å². The summed E-state index contributed by atoms with van der Waals surface area (Å²) in [6.45, 7) is 0.594. The van der Waals surface area contributed by atoms with Gasteiger partial charge in [0, 0.05) is 13.0 Å². The van der Waals surface area contributed by atoms with Crippen LogP contribution in [0.2, 0.25) is 0 Å². The minimum atomic E-state index is -0.991. The maximum Gasteiger partial charge on any atom is 0.305 e. The van der Waals surface area contributed by atoms with Gasteiger partial charge in [0.25, 0.3) is 0 Å². The molecule has 0 spiro atoms. The third-order valence-electron chi connectivity index (χ3n) is 3.88. The maximum atomic E-state index is 14.0. The van der Waals surface area contributed by atoms with E-state index in [0.717, 1.165) is 0 Å². The number of amides is 1. The zero-order valence-electron chi connectivity index (χ0n) is 12.9. The Hall–Kier alpha value is -2.15. The highest BCUT2D eigenvalue weighted by molar-refractivity contribution is 5.78. The Kier molecular flexibility index (Phi) is 5.54. The first-order valence-electron chi connectivity index (χ1n) is 7.38. The second-order valence-corrected chi connectivity index (χ2v) is 5.63. The SMILES string of the molecule is COc1cccc(CCC(=O)NC2(CC(=O)O)CCOC2)c1F. The van der Waals surface area contributed by atoms with E-state index in [4.69, 9.17) is 14.6 Å². The molecule has 1 fully saturated rings. The third kappa shape index (κ3) is 4.41. The van der Waals surface area contributed by atoms with Crippen LogP contribution in [-0.4, -0.2) is 42.8 Å². The average molecular weight is 325 g/mol. The quantitative estimate of drug-likeness (QED) is 0.794. The molecule has 23 heavy (non-hydrogen) atoms. The summed E-state index contributed by atoms with van der Waals surface area (Å²) >= 11 is 0. The molecule has 0 bridgehead atoms. The first-order valence-corrected chi connectivity index (χ1v) is 7.38. The summed E-state index contributed by atoms with van der Waals surface area (Å²) in [4.78, 5) is 23.1. The van der Waals surface area contributed by atoms with Crippen molar-refractivity contribution in [3.63, 3.8) is 0 Å². The summed E-state index contributed by atoms with van der Waals surface area (Å²) in [6.07, 6.45) is 0.537. The van der Waals surface area contributed by atoms with Crippen molar-refractivity contribution >= 4 is 11.9 Å². The van der Waals surface area contributed by atoms with Gasteiger partial charge in [0.2, 0.25) is 5.91 Å². The lowest BCUT2D eigenvalue weighted by Gasteiger charge is -2.27. The molecule has 7 heteroatoms. The fourth-order valence-corrected chi connectivity index (χ4v) is 2.69. The van der Waals surface area contributed by atoms with E-state index in [2.05, 4.69) is 5.32 Å². The second-order valence-electron chi connectivity index (χ2n) is 5.63. The lowest BCUT2D eigenvalue weighted by atomic mass is 9.94. The molecular formula is C16H20FNO5. The number of hydrogen-bond donors (Lipinski definition) is 2. The normalized spacial score (nSPS) is 20.3. The van der Waals surface area contributed by atoms with Gasteiger partial charge in [-0.15, -0.1) is 0 Å². The number of nitrogens with one attached hydrogen (secondary N) is 1. The van der Waals surface area contributed by atoms with Crippen molar-refractivity contribution in [3.8, 4) is 5.75 Å². The van der Waals surface area contributed by atoms with Crippen LogP contribution >= 0.6 is 0 Å². The Morgan fingerprint density at radius 1 is 1.48 bits per heavy atom. The highest BCUT2D eigenvalue weighted by atomic mass is 19.1. The van der Waals surface area contributed by atoms with Crippen LogP contribution in [0.3, 0.4) is 0 Å². The summed E-state index contributed by atoms with van der Waals surface area (Å²) < 4.78 is 24.1. The van der Waals surface area contributed by atoms with Gasteiger partial charge in [0.05, 0.1) is 25.7 Å². The molecule has 1 aliphatic rings. The number of methoxy groups -OCH3 is 1. The van der Waals surface area contributed by atoms with Gasteiger partial charge in [-0.05, 0) is 24.5 Å². The maximum absolute atomic E-state index is 14.0. The number of hydrogen-bond acceptors (Lipinski definition) is 4. The van der Waals surface area contributed by atoms with E-state index < -0.39 is 17.3 Å². The van der Waals surface area contributed by atoms with E-state index in [-0.39, 0.29) is 37.5 Å². The average Bonchev–Trinajstić information content (AvgIpc) is 2.93. The predicted octanol–water partition coefficient (Wildman–Crippen LogP) is 1.52. The van der Waals surface area contributed by atoms with Crippen molar-refractivity contribution in [3.05, 3.63) is 29.6 Å². The molecule has 1 heterocycles. The molecule has 2 N–H and O–H groups in total. The number of carbonyl (C=O) groups is 2. The zero-order valence-corrected chi connectivity index (χ0v) is 12.9. The summed E-state index contributed by atoms with van der Waals surface area (Å²) in [5, 5.41) is 11.7. The van der Waals surface area contributed by atoms with E-state index in [0.29, 0.717) is 18.6 Å². The van der Waals surface area contributed by atoms with Crippen LogP contribution in [0.4, 0.5) is 4.39 Å². The smallest absolute Gasteiger partial charge is 0.305 e. The number of halogens is 1. The van der Waals surface area contributed by atoms with Crippen molar-refractivity contribution in [1.82, 2.24) is 5.32 Å². The van der Waals surface area contributed by atoms with E-state index in [1.807, 2.05) is 0 Å². The van der Waals surface area contributed by atoms with Crippen LogP contribution in [0.1, 0.15) is 24.8 Å². The highest BCUT2D eigenvalue weighted by Gasteiger charge is 2.38. The van der Waals surface area contributed by atoms with Gasteiger partial charge < -0.3 is 19.9 Å². The Labute approximate surface area is 133 Å². The molecule has 1 unspecified atom stereocenters. The monoisotopic (exact) mass is 325 g/mol. The minimum Gasteiger partial charge on any atom is -0.494 e. The van der Waals surface area contributed by atoms with Crippen LogP contribution in [0, 0.1) is 5.82 Å². The van der Waals surface area contributed by atoms with Crippen molar-refractivity contribution in [2.45, 2.75) is 31.2 Å². The molecule has 1 aromatic rings. The highest BCUT2D eigenvalue weighted by Crippen LogP contribution is 2.24. The number of aryl methyl sites for hydroxylation is 1. The van der Waals surface area contributed by atoms with Crippen LogP contribution in [0.5, 0.6) is 5.75 Å². The fourth-order valence-electron chi connectivity index (χ4n) is 2.69. The molecule has 6 nitrogen and oxygen atoms in total. The minimum absolute atomic E-state index is 0.0610. The van der Waals surface area contributed by atoms with Gasteiger partial charge >= 0.3 is 5.97 Å². The molecule has 1 aliphatic heterocycles. The molecule has 0 aliphatic carbocycles. The van der Waals surface area contributed by atoms with E-state index in [9.17, 15) is 14.0 Å². The number of carboxylic acids is 1. The van der Waals surface area contributed by atoms with Gasteiger partial charge in [-0.25, -0.2) is 4.39 Å². The number of carboxylic acid groups (broad SMARTS) is 1. The van der Waals surface area contributed by atoms with Crippen LogP contribution < -0.4 is 10.1 Å². The van der Waals surface area contributed by atoms with Gasteiger partial charge in [0.15, 0.2) is 11.6 Å². The predicted molar refractivity (Wildman–Crippen MR) is 79.8 cm³/mol. The Bertz CT molecular complexity index is 584. The summed E-state index contributed by atoms with van der Waals surface area (Å²) in [5.41, 5.74) is -0.481. The van der Waals surface area contributed by atoms with Gasteiger partial charge in [-0.1, -0.05) is 12.1 Å². The number of carbonyl (C=O) groups excluding carboxylic acids is 1. The molecule has 0 saturated carbocycles. The number of rotatable bonds is 7. The molecule has 0 radical (unpaired) electrons. The molecule has 1 saturated heterocycles. The van der Waals surface area contributed by atoms with Gasteiger partial charge in [-0.2, -0.15) is 0 Å². The van der Waals surface area contributed by atoms with Crippen LogP contribution in [0.15, 0.2) is 18.2 Å². The topological polar surface area (TPSA) is 84.9 Å². The number of ether oxygens (including phenoxy) is 2. The van der Waals surface area contributed by atoms with Crippen molar-refractivity contribution in [2.24, 2.45) is 0 Å². The number of aliphatic carboxylic acids is 1. The Morgan fingerprint density at radius 3 is 2.87 bits per heavy atom. The van der Waals surface area contributed by atoms with Crippen LogP contribution in [-0.2, 0) is 20.7 Å². The van der Waals surface area contributed by atoms with Crippen molar-refractivity contribution in [1.29, 1.82) is 0 Å². The summed E-state index contributed by atoms with van der Waals surface area (Å²) in [5.74, 6) is -1.66. The van der Waals surface area contributed by atoms with Crippen molar-refractivity contribution in [2.75, 3.05) is 20.3 Å². The second kappa shape index (κ2) is 7.41. The standard InChI is InChI=1S/C16H20FNO5/c1-22-12-4-2-3-11(15(12)17)5-6-13(19)18-16(9-14(20)21)7-8-23-10-16/h2-4H,5-10H2,1H3,(H,18,19)(H,20,21). The fraction of sp³-hybridized carbons (Fsp3) is 0.500. The Balaban J connectivity index is 1.95. The third-order valence-corrected chi connectivity index (χ3v) is 3.88.